The summed E-state index contributed by atoms with van der Waals surface area (Å²) in [6, 6.07) is 56.3. The van der Waals surface area contributed by atoms with E-state index in [1.54, 1.807) is 0 Å². The average Bonchev–Trinajstić information content (AvgIpc) is 3.56. The van der Waals surface area contributed by atoms with Gasteiger partial charge in [0.05, 0.1) is 11.0 Å². The van der Waals surface area contributed by atoms with Gasteiger partial charge in [0.1, 0.15) is 0 Å². The van der Waals surface area contributed by atoms with E-state index >= 15 is 0 Å². The molecule has 0 saturated heterocycles. The predicted octanol–water partition coefficient (Wildman–Crippen LogP) is 13.1. The van der Waals surface area contributed by atoms with Crippen LogP contribution in [0.25, 0.3) is 83.6 Å². The third-order valence-electron chi connectivity index (χ3n) is 11.9. The van der Waals surface area contributed by atoms with Crippen LogP contribution in [0.4, 0.5) is 0 Å². The smallest absolute Gasteiger partial charge is 0.164 e. The van der Waals surface area contributed by atoms with Crippen molar-refractivity contribution >= 4 is 32.6 Å². The van der Waals surface area contributed by atoms with E-state index in [0.29, 0.717) is 17.5 Å². The molecule has 0 aliphatic heterocycles. The fourth-order valence-electron chi connectivity index (χ4n) is 8.69. The number of nitrogens with zero attached hydrogens (tertiary/aromatic N) is 4. The van der Waals surface area contributed by atoms with Gasteiger partial charge in [0.2, 0.25) is 0 Å². The van der Waals surface area contributed by atoms with Crippen molar-refractivity contribution in [3.8, 4) is 51.0 Å². The highest BCUT2D eigenvalue weighted by atomic mass is 15.0. The maximum Gasteiger partial charge on any atom is 0.164 e. The molecule has 0 unspecified atom stereocenters. The lowest BCUT2D eigenvalue weighted by Gasteiger charge is -2.42. The van der Waals surface area contributed by atoms with Crippen molar-refractivity contribution < 1.29 is 0 Å². The van der Waals surface area contributed by atoms with Gasteiger partial charge >= 0.3 is 0 Å². The first-order valence-corrected chi connectivity index (χ1v) is 19.3. The van der Waals surface area contributed by atoms with Gasteiger partial charge in [-0.25, -0.2) is 15.0 Å². The summed E-state index contributed by atoms with van der Waals surface area (Å²) in [5, 5.41) is 5.06. The molecule has 7 aromatic carbocycles. The van der Waals surface area contributed by atoms with Gasteiger partial charge < -0.3 is 4.57 Å². The molecule has 10 rings (SSSR count). The third kappa shape index (κ3) is 5.63. The summed E-state index contributed by atoms with van der Waals surface area (Å²) in [6.45, 7) is 9.62. The van der Waals surface area contributed by atoms with Crippen molar-refractivity contribution in [1.29, 1.82) is 0 Å². The monoisotopic (exact) mass is 710 g/mol. The topological polar surface area (TPSA) is 43.6 Å². The minimum Gasteiger partial charge on any atom is -0.309 e. The lowest BCUT2D eigenvalue weighted by atomic mass is 9.63. The van der Waals surface area contributed by atoms with Gasteiger partial charge in [-0.3, -0.25) is 0 Å². The van der Waals surface area contributed by atoms with Gasteiger partial charge in [0.15, 0.2) is 17.5 Å². The largest absolute Gasteiger partial charge is 0.309 e. The molecule has 4 nitrogen and oxygen atoms in total. The Balaban J connectivity index is 1.07. The molecule has 0 saturated carbocycles. The molecular formula is C51H42N4. The lowest BCUT2D eigenvalue weighted by Crippen LogP contribution is -2.33. The van der Waals surface area contributed by atoms with Crippen LogP contribution in [0.15, 0.2) is 158 Å². The Bertz CT molecular complexity index is 2890. The second kappa shape index (κ2) is 12.6. The Labute approximate surface area is 322 Å². The Hall–Kier alpha value is -6.39. The van der Waals surface area contributed by atoms with E-state index < -0.39 is 0 Å². The summed E-state index contributed by atoms with van der Waals surface area (Å²) in [7, 11) is 0. The van der Waals surface area contributed by atoms with Crippen molar-refractivity contribution in [1.82, 2.24) is 19.5 Å². The summed E-state index contributed by atoms with van der Waals surface area (Å²) in [5.41, 5.74) is 12.0. The third-order valence-corrected chi connectivity index (χ3v) is 11.9. The first-order chi connectivity index (χ1) is 26.7. The molecule has 1 aliphatic rings. The fourth-order valence-corrected chi connectivity index (χ4v) is 8.69. The van der Waals surface area contributed by atoms with E-state index in [9.17, 15) is 0 Å². The maximum absolute atomic E-state index is 5.09. The maximum atomic E-state index is 5.09. The van der Waals surface area contributed by atoms with Crippen molar-refractivity contribution in [2.75, 3.05) is 0 Å². The van der Waals surface area contributed by atoms with Gasteiger partial charge in [-0.05, 0) is 99.2 Å². The summed E-state index contributed by atoms with van der Waals surface area (Å²) in [4.78, 5) is 15.1. The fraction of sp³-hybridized carbons (Fsp3) is 0.157. The first kappa shape index (κ1) is 33.2. The number of rotatable bonds is 5. The van der Waals surface area contributed by atoms with Crippen LogP contribution in [-0.4, -0.2) is 19.5 Å². The number of fused-ring (bicyclic) bond motifs is 5. The molecule has 4 heteroatoms. The summed E-state index contributed by atoms with van der Waals surface area (Å²) >= 11 is 0. The van der Waals surface area contributed by atoms with Crippen LogP contribution in [0.2, 0.25) is 0 Å². The minimum atomic E-state index is 0.118. The minimum absolute atomic E-state index is 0.118. The van der Waals surface area contributed by atoms with Crippen LogP contribution in [-0.2, 0) is 10.8 Å². The molecule has 2 aromatic heterocycles. The highest BCUT2D eigenvalue weighted by molar-refractivity contribution is 6.10. The number of hydrogen-bond acceptors (Lipinski definition) is 3. The van der Waals surface area contributed by atoms with E-state index in [1.165, 1.54) is 62.1 Å². The highest BCUT2D eigenvalue weighted by Gasteiger charge is 2.37. The summed E-state index contributed by atoms with van der Waals surface area (Å²) < 4.78 is 2.43. The summed E-state index contributed by atoms with van der Waals surface area (Å²) in [5.74, 6) is 1.95. The van der Waals surface area contributed by atoms with Crippen LogP contribution in [0.5, 0.6) is 0 Å². The van der Waals surface area contributed by atoms with E-state index in [2.05, 4.69) is 172 Å². The van der Waals surface area contributed by atoms with Crippen molar-refractivity contribution in [2.45, 2.75) is 51.4 Å². The molecule has 0 amide bonds. The molecule has 55 heavy (non-hydrogen) atoms. The Morgan fingerprint density at radius 1 is 0.418 bits per heavy atom. The average molecular weight is 711 g/mol. The standard InChI is InChI=1S/C51H42N4/c1-50(2)29-30-51(3,4)44-32-46-42(31-43(44)50)41-18-10-11-20-45(41)55(46)38-27-25-37(26-28-38)49-53-47(35-14-6-5-7-15-35)52-48(54-49)36-23-21-34(22-24-36)40-19-12-16-33-13-8-9-17-39(33)40/h5-28,31-32H,29-30H2,1-4H3. The highest BCUT2D eigenvalue weighted by Crippen LogP contribution is 2.48. The molecule has 0 fully saturated rings. The molecule has 0 spiro atoms. The zero-order valence-electron chi connectivity index (χ0n) is 31.7. The van der Waals surface area contributed by atoms with Gasteiger partial charge in [0, 0.05) is 33.2 Å². The number of benzene rings is 7. The van der Waals surface area contributed by atoms with Crippen LogP contribution in [0.3, 0.4) is 0 Å². The zero-order valence-corrected chi connectivity index (χ0v) is 31.7. The molecule has 0 bridgehead atoms. The van der Waals surface area contributed by atoms with Crippen LogP contribution >= 0.6 is 0 Å². The molecular weight excluding hydrogens is 669 g/mol. The van der Waals surface area contributed by atoms with Crippen LogP contribution in [0.1, 0.15) is 51.7 Å². The summed E-state index contributed by atoms with van der Waals surface area (Å²) in [6.07, 6.45) is 2.38. The Morgan fingerprint density at radius 3 is 1.60 bits per heavy atom. The molecule has 1 aliphatic carbocycles. The van der Waals surface area contributed by atoms with Crippen LogP contribution in [0, 0.1) is 0 Å². The Kier molecular flexibility index (Phi) is 7.60. The van der Waals surface area contributed by atoms with E-state index in [1.807, 2.05) is 18.2 Å². The van der Waals surface area contributed by atoms with Gasteiger partial charge in [-0.15, -0.1) is 0 Å². The number of hydrogen-bond donors (Lipinski definition) is 0. The van der Waals surface area contributed by atoms with E-state index in [0.717, 1.165) is 27.9 Å². The molecule has 0 radical (unpaired) electrons. The number of para-hydroxylation sites is 1. The van der Waals surface area contributed by atoms with Gasteiger partial charge in [0.25, 0.3) is 0 Å². The van der Waals surface area contributed by atoms with Crippen molar-refractivity contribution in [2.24, 2.45) is 0 Å². The second-order valence-corrected chi connectivity index (χ2v) is 16.4. The van der Waals surface area contributed by atoms with Crippen molar-refractivity contribution in [3.63, 3.8) is 0 Å². The quantitative estimate of drug-likeness (QED) is 0.179. The molecule has 266 valence electrons. The predicted molar refractivity (Wildman–Crippen MR) is 229 cm³/mol. The van der Waals surface area contributed by atoms with Crippen molar-refractivity contribution in [3.05, 3.63) is 169 Å². The Morgan fingerprint density at radius 2 is 0.927 bits per heavy atom. The number of aromatic nitrogens is 4. The van der Waals surface area contributed by atoms with Crippen LogP contribution < -0.4 is 0 Å². The van der Waals surface area contributed by atoms with Gasteiger partial charge in [-0.1, -0.05) is 143 Å². The van der Waals surface area contributed by atoms with E-state index in [4.69, 9.17) is 15.0 Å². The zero-order chi connectivity index (χ0) is 37.3. The molecule has 0 N–H and O–H groups in total. The molecule has 9 aromatic rings. The SMILES string of the molecule is CC1(C)CCC(C)(C)c2cc3c(cc21)c1ccccc1n3-c1ccc(-c2nc(-c3ccccc3)nc(-c3ccc(-c4cccc5ccccc45)cc3)n2)cc1. The molecule has 2 heterocycles. The van der Waals surface area contributed by atoms with E-state index in [-0.39, 0.29) is 10.8 Å². The van der Waals surface area contributed by atoms with Gasteiger partial charge in [-0.2, -0.15) is 0 Å². The molecule has 0 atom stereocenters. The second-order valence-electron chi connectivity index (χ2n) is 16.4. The lowest BCUT2D eigenvalue weighted by molar-refractivity contribution is 0.332. The normalized spacial score (nSPS) is 14.7. The first-order valence-electron chi connectivity index (χ1n) is 19.3.